The van der Waals surface area contributed by atoms with E-state index in [0.29, 0.717) is 56.4 Å². The van der Waals surface area contributed by atoms with Crippen molar-refractivity contribution >= 4 is 35.1 Å². The lowest BCUT2D eigenvalue weighted by Gasteiger charge is -2.35. The van der Waals surface area contributed by atoms with Gasteiger partial charge >= 0.3 is 6.03 Å². The highest BCUT2D eigenvalue weighted by atomic mass is 35.5. The molecule has 2 heterocycles. The first kappa shape index (κ1) is 19.5. The monoisotopic (exact) mass is 392 g/mol. The van der Waals surface area contributed by atoms with E-state index in [2.05, 4.69) is 5.32 Å². The maximum atomic E-state index is 12.7. The zero-order chi connectivity index (χ0) is 19.4. The van der Waals surface area contributed by atoms with Crippen LogP contribution in [-0.4, -0.2) is 71.8 Å². The third-order valence-corrected chi connectivity index (χ3v) is 5.28. The van der Waals surface area contributed by atoms with E-state index in [1.807, 2.05) is 6.92 Å². The molecule has 1 N–H and O–H groups in total. The number of piperazine rings is 1. The van der Waals surface area contributed by atoms with Crippen LogP contribution in [0, 0.1) is 5.92 Å². The second-order valence-corrected chi connectivity index (χ2v) is 7.43. The van der Waals surface area contributed by atoms with Gasteiger partial charge in [-0.2, -0.15) is 0 Å². The Morgan fingerprint density at radius 3 is 2.37 bits per heavy atom. The Balaban J connectivity index is 1.48. The Labute approximate surface area is 164 Å². The molecule has 27 heavy (non-hydrogen) atoms. The van der Waals surface area contributed by atoms with Gasteiger partial charge in [0.1, 0.15) is 0 Å². The maximum absolute atomic E-state index is 12.7. The van der Waals surface area contributed by atoms with Gasteiger partial charge < -0.3 is 20.0 Å². The second-order valence-electron chi connectivity index (χ2n) is 6.99. The molecule has 1 aromatic rings. The number of benzene rings is 1. The SMILES string of the molecule is CCCN1CC(C(=O)N2CCN(C(=O)Nc3ccc(Cl)cc3)CC2)CC1=O. The lowest BCUT2D eigenvalue weighted by atomic mass is 10.1. The van der Waals surface area contributed by atoms with Crippen LogP contribution in [0.3, 0.4) is 0 Å². The molecule has 2 fully saturated rings. The van der Waals surface area contributed by atoms with Crippen molar-refractivity contribution in [3.63, 3.8) is 0 Å². The molecule has 8 heteroatoms. The fourth-order valence-electron chi connectivity index (χ4n) is 3.55. The molecular formula is C19H25ClN4O3. The number of halogens is 1. The molecule has 1 aromatic carbocycles. The quantitative estimate of drug-likeness (QED) is 0.854. The summed E-state index contributed by atoms with van der Waals surface area (Å²) in [6, 6.07) is 6.75. The molecule has 7 nitrogen and oxygen atoms in total. The minimum absolute atomic E-state index is 0.0275. The summed E-state index contributed by atoms with van der Waals surface area (Å²) in [6.07, 6.45) is 1.20. The van der Waals surface area contributed by atoms with E-state index in [9.17, 15) is 14.4 Å². The summed E-state index contributed by atoms with van der Waals surface area (Å²) in [5, 5.41) is 3.45. The molecule has 4 amide bonds. The molecule has 3 rings (SSSR count). The fraction of sp³-hybridized carbons (Fsp3) is 0.526. The lowest BCUT2D eigenvalue weighted by molar-refractivity contribution is -0.137. The van der Waals surface area contributed by atoms with Crippen molar-refractivity contribution in [1.82, 2.24) is 14.7 Å². The number of anilines is 1. The number of urea groups is 1. The van der Waals surface area contributed by atoms with E-state index >= 15 is 0 Å². The molecule has 0 bridgehead atoms. The van der Waals surface area contributed by atoms with Gasteiger partial charge in [-0.25, -0.2) is 4.79 Å². The van der Waals surface area contributed by atoms with E-state index in [0.717, 1.165) is 6.42 Å². The van der Waals surface area contributed by atoms with E-state index in [1.54, 1.807) is 39.0 Å². The zero-order valence-electron chi connectivity index (χ0n) is 15.5. The summed E-state index contributed by atoms with van der Waals surface area (Å²) < 4.78 is 0. The van der Waals surface area contributed by atoms with E-state index in [-0.39, 0.29) is 23.8 Å². The summed E-state index contributed by atoms with van der Waals surface area (Å²) in [5.41, 5.74) is 0.684. The standard InChI is InChI=1S/C19H25ClN4O3/c1-2-7-24-13-14(12-17(24)25)18(26)22-8-10-23(11-9-22)19(27)21-16-5-3-15(20)4-6-16/h3-6,14H,2,7-13H2,1H3,(H,21,27). The van der Waals surface area contributed by atoms with Crippen LogP contribution in [0.15, 0.2) is 24.3 Å². The number of hydrogen-bond acceptors (Lipinski definition) is 3. The predicted octanol–water partition coefficient (Wildman–Crippen LogP) is 2.27. The smallest absolute Gasteiger partial charge is 0.321 e. The summed E-state index contributed by atoms with van der Waals surface area (Å²) in [4.78, 5) is 42.3. The minimum Gasteiger partial charge on any atom is -0.342 e. The van der Waals surface area contributed by atoms with Gasteiger partial charge in [0.15, 0.2) is 0 Å². The number of carbonyl (C=O) groups excluding carboxylic acids is 3. The van der Waals surface area contributed by atoms with Crippen molar-refractivity contribution in [2.45, 2.75) is 19.8 Å². The molecule has 2 aliphatic heterocycles. The van der Waals surface area contributed by atoms with Crippen molar-refractivity contribution in [3.8, 4) is 0 Å². The van der Waals surface area contributed by atoms with Crippen LogP contribution in [0.5, 0.6) is 0 Å². The third kappa shape index (κ3) is 4.71. The summed E-state index contributed by atoms with van der Waals surface area (Å²) in [7, 11) is 0. The molecule has 0 spiro atoms. The Kier molecular flexibility index (Phi) is 6.21. The molecule has 0 saturated carbocycles. The summed E-state index contributed by atoms with van der Waals surface area (Å²) >= 11 is 5.85. The number of hydrogen-bond donors (Lipinski definition) is 1. The van der Waals surface area contributed by atoms with Gasteiger partial charge in [-0.1, -0.05) is 18.5 Å². The number of nitrogens with zero attached hydrogens (tertiary/aromatic N) is 3. The van der Waals surface area contributed by atoms with Crippen LogP contribution >= 0.6 is 11.6 Å². The Bertz CT molecular complexity index is 701. The molecule has 146 valence electrons. The first-order chi connectivity index (χ1) is 13.0. The highest BCUT2D eigenvalue weighted by Crippen LogP contribution is 2.21. The first-order valence-corrected chi connectivity index (χ1v) is 9.73. The van der Waals surface area contributed by atoms with Crippen LogP contribution in [0.4, 0.5) is 10.5 Å². The Morgan fingerprint density at radius 2 is 1.74 bits per heavy atom. The Morgan fingerprint density at radius 1 is 1.11 bits per heavy atom. The van der Waals surface area contributed by atoms with Crippen molar-refractivity contribution in [2.75, 3.05) is 44.6 Å². The van der Waals surface area contributed by atoms with E-state index in [4.69, 9.17) is 11.6 Å². The van der Waals surface area contributed by atoms with Gasteiger partial charge in [-0.3, -0.25) is 9.59 Å². The number of likely N-dealkylation sites (tertiary alicyclic amines) is 1. The van der Waals surface area contributed by atoms with Gasteiger partial charge in [-0.05, 0) is 30.7 Å². The zero-order valence-corrected chi connectivity index (χ0v) is 16.2. The minimum atomic E-state index is -0.251. The van der Waals surface area contributed by atoms with Crippen LogP contribution in [-0.2, 0) is 9.59 Å². The maximum Gasteiger partial charge on any atom is 0.321 e. The van der Waals surface area contributed by atoms with Gasteiger partial charge in [0.05, 0.1) is 5.92 Å². The molecule has 0 radical (unpaired) electrons. The number of nitrogens with one attached hydrogen (secondary N) is 1. The summed E-state index contributed by atoms with van der Waals surface area (Å²) in [6.45, 7) is 5.19. The highest BCUT2D eigenvalue weighted by molar-refractivity contribution is 6.30. The van der Waals surface area contributed by atoms with Crippen molar-refractivity contribution in [3.05, 3.63) is 29.3 Å². The van der Waals surface area contributed by atoms with Gasteiger partial charge in [0.25, 0.3) is 0 Å². The number of rotatable bonds is 4. The molecule has 1 atom stereocenters. The normalized spacial score (nSPS) is 20.1. The topological polar surface area (TPSA) is 73.0 Å². The molecule has 2 aliphatic rings. The van der Waals surface area contributed by atoms with Crippen molar-refractivity contribution in [1.29, 1.82) is 0 Å². The van der Waals surface area contributed by atoms with Crippen molar-refractivity contribution < 1.29 is 14.4 Å². The predicted molar refractivity (Wildman–Crippen MR) is 104 cm³/mol. The van der Waals surface area contributed by atoms with Crippen LogP contribution in [0.1, 0.15) is 19.8 Å². The highest BCUT2D eigenvalue weighted by Gasteiger charge is 2.37. The third-order valence-electron chi connectivity index (χ3n) is 5.03. The van der Waals surface area contributed by atoms with Crippen LogP contribution in [0.25, 0.3) is 0 Å². The molecule has 0 aromatic heterocycles. The lowest BCUT2D eigenvalue weighted by Crippen LogP contribution is -2.53. The van der Waals surface area contributed by atoms with E-state index < -0.39 is 0 Å². The molecule has 0 aliphatic carbocycles. The molecule has 1 unspecified atom stereocenters. The van der Waals surface area contributed by atoms with Crippen molar-refractivity contribution in [2.24, 2.45) is 5.92 Å². The van der Waals surface area contributed by atoms with Gasteiger partial charge in [0.2, 0.25) is 11.8 Å². The average molecular weight is 393 g/mol. The Hall–Kier alpha value is -2.28. The van der Waals surface area contributed by atoms with Crippen LogP contribution < -0.4 is 5.32 Å². The van der Waals surface area contributed by atoms with Gasteiger partial charge in [-0.15, -0.1) is 0 Å². The van der Waals surface area contributed by atoms with Gasteiger partial charge in [0, 0.05) is 56.4 Å². The fourth-order valence-corrected chi connectivity index (χ4v) is 3.67. The average Bonchev–Trinajstić information content (AvgIpc) is 3.04. The number of amides is 4. The number of carbonyl (C=O) groups is 3. The van der Waals surface area contributed by atoms with E-state index in [1.165, 1.54) is 0 Å². The summed E-state index contributed by atoms with van der Waals surface area (Å²) in [5.74, 6) is -0.158. The largest absolute Gasteiger partial charge is 0.342 e. The molecular weight excluding hydrogens is 368 g/mol. The first-order valence-electron chi connectivity index (χ1n) is 9.36. The second kappa shape index (κ2) is 8.61. The molecule has 2 saturated heterocycles. The van der Waals surface area contributed by atoms with Crippen LogP contribution in [0.2, 0.25) is 5.02 Å².